The SMILES string of the molecule is Cc1ccc(/C=C/S(=O)(=O)NCC(=O)OCc2cccc(C)c2)cc1. The Kier molecular flexibility index (Phi) is 6.50. The summed E-state index contributed by atoms with van der Waals surface area (Å²) in [5, 5.41) is 1.03. The Bertz CT molecular complexity index is 855. The van der Waals surface area contributed by atoms with Crippen molar-refractivity contribution >= 4 is 22.1 Å². The molecule has 0 atom stereocenters. The van der Waals surface area contributed by atoms with Crippen molar-refractivity contribution in [2.45, 2.75) is 20.5 Å². The number of hydrogen-bond acceptors (Lipinski definition) is 4. The predicted molar refractivity (Wildman–Crippen MR) is 98.1 cm³/mol. The lowest BCUT2D eigenvalue weighted by Crippen LogP contribution is -2.29. The van der Waals surface area contributed by atoms with E-state index in [0.717, 1.165) is 27.7 Å². The number of esters is 1. The van der Waals surface area contributed by atoms with Gasteiger partial charge in [0, 0.05) is 5.41 Å². The highest BCUT2D eigenvalue weighted by atomic mass is 32.2. The molecule has 0 spiro atoms. The monoisotopic (exact) mass is 359 g/mol. The van der Waals surface area contributed by atoms with Crippen LogP contribution >= 0.6 is 0 Å². The molecule has 2 aromatic carbocycles. The minimum absolute atomic E-state index is 0.113. The van der Waals surface area contributed by atoms with Gasteiger partial charge in [0.2, 0.25) is 10.0 Å². The lowest BCUT2D eigenvalue weighted by atomic mass is 10.1. The number of hydrogen-bond donors (Lipinski definition) is 1. The second-order valence-corrected chi connectivity index (χ2v) is 7.38. The first kappa shape index (κ1) is 18.9. The van der Waals surface area contributed by atoms with Crippen molar-refractivity contribution in [2.24, 2.45) is 0 Å². The van der Waals surface area contributed by atoms with E-state index in [1.165, 1.54) is 6.08 Å². The van der Waals surface area contributed by atoms with Crippen molar-refractivity contribution in [3.8, 4) is 0 Å². The van der Waals surface area contributed by atoms with Crippen LogP contribution in [0.15, 0.2) is 53.9 Å². The lowest BCUT2D eigenvalue weighted by molar-refractivity contribution is -0.143. The molecule has 0 aliphatic rings. The third-order valence-corrected chi connectivity index (χ3v) is 4.46. The molecule has 132 valence electrons. The first-order valence-electron chi connectivity index (χ1n) is 7.80. The van der Waals surface area contributed by atoms with Gasteiger partial charge in [-0.25, -0.2) is 13.1 Å². The molecule has 2 aromatic rings. The highest BCUT2D eigenvalue weighted by Gasteiger charge is 2.10. The minimum atomic E-state index is -3.71. The van der Waals surface area contributed by atoms with Gasteiger partial charge in [0.1, 0.15) is 13.2 Å². The Balaban J connectivity index is 1.82. The number of carbonyl (C=O) groups excluding carboxylic acids is 1. The quantitative estimate of drug-likeness (QED) is 0.772. The molecule has 0 unspecified atom stereocenters. The van der Waals surface area contributed by atoms with E-state index >= 15 is 0 Å². The lowest BCUT2D eigenvalue weighted by Gasteiger charge is -2.06. The molecule has 0 bridgehead atoms. The van der Waals surface area contributed by atoms with Gasteiger partial charge in [0.25, 0.3) is 0 Å². The Morgan fingerprint density at radius 1 is 1.08 bits per heavy atom. The van der Waals surface area contributed by atoms with E-state index in [0.29, 0.717) is 0 Å². The first-order chi connectivity index (χ1) is 11.8. The highest BCUT2D eigenvalue weighted by Crippen LogP contribution is 2.07. The molecule has 6 heteroatoms. The maximum Gasteiger partial charge on any atom is 0.321 e. The molecule has 0 saturated heterocycles. The third kappa shape index (κ3) is 6.91. The van der Waals surface area contributed by atoms with Gasteiger partial charge in [0.05, 0.1) is 0 Å². The van der Waals surface area contributed by atoms with Crippen LogP contribution in [0.4, 0.5) is 0 Å². The maximum absolute atomic E-state index is 11.9. The van der Waals surface area contributed by atoms with E-state index in [4.69, 9.17) is 4.74 Å². The van der Waals surface area contributed by atoms with E-state index in [-0.39, 0.29) is 6.61 Å². The molecule has 0 radical (unpaired) electrons. The highest BCUT2D eigenvalue weighted by molar-refractivity contribution is 7.92. The summed E-state index contributed by atoms with van der Waals surface area (Å²) >= 11 is 0. The normalized spacial score (nSPS) is 11.6. The number of benzene rings is 2. The molecule has 0 amide bonds. The summed E-state index contributed by atoms with van der Waals surface area (Å²) in [7, 11) is -3.71. The zero-order chi connectivity index (χ0) is 18.3. The number of ether oxygens (including phenoxy) is 1. The van der Waals surface area contributed by atoms with Crippen molar-refractivity contribution in [1.82, 2.24) is 4.72 Å². The summed E-state index contributed by atoms with van der Waals surface area (Å²) in [5.74, 6) is -0.631. The van der Waals surface area contributed by atoms with Crippen molar-refractivity contribution in [2.75, 3.05) is 6.54 Å². The molecule has 0 aliphatic heterocycles. The molecular formula is C19H21NO4S. The fourth-order valence-corrected chi connectivity index (χ4v) is 2.82. The average molecular weight is 359 g/mol. The van der Waals surface area contributed by atoms with Gasteiger partial charge in [-0.2, -0.15) is 0 Å². The van der Waals surface area contributed by atoms with Crippen molar-refractivity contribution in [3.63, 3.8) is 0 Å². The zero-order valence-corrected chi connectivity index (χ0v) is 15.0. The topological polar surface area (TPSA) is 72.5 Å². The summed E-state index contributed by atoms with van der Waals surface area (Å²) in [6.45, 7) is 3.60. The largest absolute Gasteiger partial charge is 0.460 e. The van der Waals surface area contributed by atoms with Crippen molar-refractivity contribution < 1.29 is 17.9 Å². The Hall–Kier alpha value is -2.44. The van der Waals surface area contributed by atoms with Gasteiger partial charge < -0.3 is 4.74 Å². The minimum Gasteiger partial charge on any atom is -0.460 e. The fraction of sp³-hybridized carbons (Fsp3) is 0.211. The maximum atomic E-state index is 11.9. The van der Waals surface area contributed by atoms with Crippen LogP contribution in [0.1, 0.15) is 22.3 Å². The van der Waals surface area contributed by atoms with Gasteiger partial charge >= 0.3 is 5.97 Å². The van der Waals surface area contributed by atoms with E-state index in [1.807, 2.05) is 62.4 Å². The van der Waals surface area contributed by atoms with Gasteiger partial charge in [-0.15, -0.1) is 0 Å². The molecule has 1 N–H and O–H groups in total. The van der Waals surface area contributed by atoms with Crippen LogP contribution in [0, 0.1) is 13.8 Å². The van der Waals surface area contributed by atoms with Crippen LogP contribution in [0.5, 0.6) is 0 Å². The predicted octanol–water partition coefficient (Wildman–Crippen LogP) is 2.94. The molecule has 2 rings (SSSR count). The number of rotatable bonds is 7. The fourth-order valence-electron chi connectivity index (χ4n) is 2.07. The first-order valence-corrected chi connectivity index (χ1v) is 9.34. The summed E-state index contributed by atoms with van der Waals surface area (Å²) < 4.78 is 31.0. The molecule has 0 saturated carbocycles. The van der Waals surface area contributed by atoms with Crippen molar-refractivity contribution in [3.05, 3.63) is 76.2 Å². The summed E-state index contributed by atoms with van der Waals surface area (Å²) in [4.78, 5) is 11.7. The van der Waals surface area contributed by atoms with Gasteiger partial charge in [-0.05, 0) is 31.1 Å². The number of nitrogens with one attached hydrogen (secondary N) is 1. The van der Waals surface area contributed by atoms with Gasteiger partial charge in [0.15, 0.2) is 0 Å². The molecule has 0 heterocycles. The average Bonchev–Trinajstić information content (AvgIpc) is 2.58. The molecule has 5 nitrogen and oxygen atoms in total. The van der Waals surface area contributed by atoms with Crippen LogP contribution < -0.4 is 4.72 Å². The second kappa shape index (κ2) is 8.60. The molecule has 0 fully saturated rings. The van der Waals surface area contributed by atoms with Crippen LogP contribution in [0.3, 0.4) is 0 Å². The smallest absolute Gasteiger partial charge is 0.321 e. The van der Waals surface area contributed by atoms with E-state index in [2.05, 4.69) is 4.72 Å². The molecule has 0 aromatic heterocycles. The number of sulfonamides is 1. The van der Waals surface area contributed by atoms with E-state index < -0.39 is 22.5 Å². The molecular weight excluding hydrogens is 338 g/mol. The van der Waals surface area contributed by atoms with Crippen molar-refractivity contribution in [1.29, 1.82) is 0 Å². The van der Waals surface area contributed by atoms with Crippen LogP contribution in [-0.2, 0) is 26.2 Å². The number of aryl methyl sites for hydroxylation is 2. The van der Waals surface area contributed by atoms with Crippen LogP contribution in [0.2, 0.25) is 0 Å². The standard InChI is InChI=1S/C19H21NO4S/c1-15-6-8-17(9-7-15)10-11-25(22,23)20-13-19(21)24-14-18-5-3-4-16(2)12-18/h3-12,20H,13-14H2,1-2H3/b11-10+. The van der Waals surface area contributed by atoms with Crippen LogP contribution in [-0.4, -0.2) is 20.9 Å². The Morgan fingerprint density at radius 2 is 1.80 bits per heavy atom. The Morgan fingerprint density at radius 3 is 2.48 bits per heavy atom. The summed E-state index contributed by atoms with van der Waals surface area (Å²) in [6.07, 6.45) is 1.47. The summed E-state index contributed by atoms with van der Waals surface area (Å²) in [6, 6.07) is 15.0. The second-order valence-electron chi connectivity index (χ2n) is 5.73. The third-order valence-electron chi connectivity index (χ3n) is 3.42. The van der Waals surface area contributed by atoms with E-state index in [9.17, 15) is 13.2 Å². The Labute approximate surface area is 148 Å². The zero-order valence-electron chi connectivity index (χ0n) is 14.2. The molecule has 0 aliphatic carbocycles. The van der Waals surface area contributed by atoms with Gasteiger partial charge in [-0.3, -0.25) is 4.79 Å². The molecule has 25 heavy (non-hydrogen) atoms. The van der Waals surface area contributed by atoms with Crippen LogP contribution in [0.25, 0.3) is 6.08 Å². The summed E-state index contributed by atoms with van der Waals surface area (Å²) in [5.41, 5.74) is 3.78. The van der Waals surface area contributed by atoms with Gasteiger partial charge in [-0.1, -0.05) is 59.7 Å². The number of carbonyl (C=O) groups is 1. The van der Waals surface area contributed by atoms with E-state index in [1.54, 1.807) is 0 Å².